The van der Waals surface area contributed by atoms with Gasteiger partial charge in [-0.05, 0) is 38.0 Å². The van der Waals surface area contributed by atoms with Gasteiger partial charge in [0.15, 0.2) is 0 Å². The maximum absolute atomic E-state index is 12.9. The number of piperidine rings is 2. The van der Waals surface area contributed by atoms with E-state index < -0.39 is 5.97 Å². The summed E-state index contributed by atoms with van der Waals surface area (Å²) in [4.78, 5) is 42.3. The van der Waals surface area contributed by atoms with Gasteiger partial charge in [-0.15, -0.1) is 0 Å². The van der Waals surface area contributed by atoms with Crippen molar-refractivity contribution in [1.82, 2.24) is 14.7 Å². The highest BCUT2D eigenvalue weighted by molar-refractivity contribution is 5.81. The fraction of sp³-hybridized carbons (Fsp3) is 0.833. The SMILES string of the molecule is CC1CN(C(=O)C2CCCN(C(=O)N3CCCC3)C2)CCC1C(=O)O. The molecule has 3 atom stereocenters. The number of aliphatic carboxylic acids is 1. The number of carboxylic acids is 1. The third kappa shape index (κ3) is 3.90. The molecule has 25 heavy (non-hydrogen) atoms. The van der Waals surface area contributed by atoms with Gasteiger partial charge in [-0.25, -0.2) is 4.79 Å². The molecule has 3 amide bonds. The van der Waals surface area contributed by atoms with Gasteiger partial charge >= 0.3 is 12.0 Å². The minimum absolute atomic E-state index is 0.0267. The van der Waals surface area contributed by atoms with Crippen LogP contribution in [-0.2, 0) is 9.59 Å². The van der Waals surface area contributed by atoms with Gasteiger partial charge in [0.25, 0.3) is 0 Å². The highest BCUT2D eigenvalue weighted by atomic mass is 16.4. The lowest BCUT2D eigenvalue weighted by atomic mass is 9.86. The van der Waals surface area contributed by atoms with Gasteiger partial charge in [0, 0.05) is 39.3 Å². The van der Waals surface area contributed by atoms with Crippen molar-refractivity contribution in [3.63, 3.8) is 0 Å². The van der Waals surface area contributed by atoms with Crippen LogP contribution < -0.4 is 0 Å². The molecule has 0 spiro atoms. The van der Waals surface area contributed by atoms with Crippen LogP contribution in [0.3, 0.4) is 0 Å². The molecule has 7 heteroatoms. The normalized spacial score (nSPS) is 30.4. The first kappa shape index (κ1) is 18.0. The molecular weight excluding hydrogens is 322 g/mol. The van der Waals surface area contributed by atoms with Crippen molar-refractivity contribution in [3.05, 3.63) is 0 Å². The number of nitrogens with zero attached hydrogens (tertiary/aromatic N) is 3. The molecule has 7 nitrogen and oxygen atoms in total. The number of hydrogen-bond donors (Lipinski definition) is 1. The maximum Gasteiger partial charge on any atom is 0.320 e. The minimum Gasteiger partial charge on any atom is -0.481 e. The van der Waals surface area contributed by atoms with Crippen LogP contribution in [0.25, 0.3) is 0 Å². The van der Waals surface area contributed by atoms with Gasteiger partial charge in [0.05, 0.1) is 11.8 Å². The summed E-state index contributed by atoms with van der Waals surface area (Å²) in [6.07, 6.45) is 4.33. The van der Waals surface area contributed by atoms with E-state index in [1.165, 1.54) is 0 Å². The van der Waals surface area contributed by atoms with E-state index in [9.17, 15) is 19.5 Å². The Morgan fingerprint density at radius 3 is 2.16 bits per heavy atom. The summed E-state index contributed by atoms with van der Waals surface area (Å²) in [5.41, 5.74) is 0. The van der Waals surface area contributed by atoms with E-state index >= 15 is 0 Å². The van der Waals surface area contributed by atoms with Crippen molar-refractivity contribution in [3.8, 4) is 0 Å². The van der Waals surface area contributed by atoms with Crippen molar-refractivity contribution in [2.45, 2.75) is 39.0 Å². The van der Waals surface area contributed by atoms with Crippen LogP contribution in [0, 0.1) is 17.8 Å². The van der Waals surface area contributed by atoms with E-state index in [1.54, 1.807) is 0 Å². The first-order valence-electron chi connectivity index (χ1n) is 9.53. The van der Waals surface area contributed by atoms with Crippen molar-refractivity contribution >= 4 is 17.9 Å². The summed E-state index contributed by atoms with van der Waals surface area (Å²) in [5, 5.41) is 9.23. The van der Waals surface area contributed by atoms with Crippen LogP contribution in [0.1, 0.15) is 39.0 Å². The largest absolute Gasteiger partial charge is 0.481 e. The van der Waals surface area contributed by atoms with Gasteiger partial charge in [-0.2, -0.15) is 0 Å². The third-order valence-electron chi connectivity index (χ3n) is 5.95. The molecular formula is C18H29N3O4. The van der Waals surface area contributed by atoms with Crippen molar-refractivity contribution in [2.24, 2.45) is 17.8 Å². The second-order valence-electron chi connectivity index (χ2n) is 7.76. The third-order valence-corrected chi connectivity index (χ3v) is 5.95. The van der Waals surface area contributed by atoms with Crippen LogP contribution >= 0.6 is 0 Å². The number of hydrogen-bond acceptors (Lipinski definition) is 3. The van der Waals surface area contributed by atoms with Crippen LogP contribution in [0.15, 0.2) is 0 Å². The second kappa shape index (κ2) is 7.62. The highest BCUT2D eigenvalue weighted by Crippen LogP contribution is 2.27. The molecule has 0 aromatic rings. The van der Waals surface area contributed by atoms with E-state index in [1.807, 2.05) is 21.6 Å². The molecule has 1 N–H and O–H groups in total. The Labute approximate surface area is 148 Å². The van der Waals surface area contributed by atoms with Crippen molar-refractivity contribution < 1.29 is 19.5 Å². The molecule has 3 saturated heterocycles. The Hall–Kier alpha value is -1.79. The zero-order valence-corrected chi connectivity index (χ0v) is 15.0. The Morgan fingerprint density at radius 2 is 1.52 bits per heavy atom. The summed E-state index contributed by atoms with van der Waals surface area (Å²) in [6.45, 7) is 5.81. The Morgan fingerprint density at radius 1 is 0.840 bits per heavy atom. The van der Waals surface area contributed by atoms with E-state index in [0.717, 1.165) is 45.3 Å². The predicted molar refractivity (Wildman–Crippen MR) is 92.0 cm³/mol. The number of rotatable bonds is 2. The van der Waals surface area contributed by atoms with Gasteiger partial charge in [-0.1, -0.05) is 6.92 Å². The zero-order valence-electron chi connectivity index (χ0n) is 15.0. The fourth-order valence-electron chi connectivity index (χ4n) is 4.43. The van der Waals surface area contributed by atoms with Crippen LogP contribution in [-0.4, -0.2) is 77.0 Å². The lowest BCUT2D eigenvalue weighted by Gasteiger charge is -2.40. The van der Waals surface area contributed by atoms with Gasteiger partial charge < -0.3 is 19.8 Å². The molecule has 0 bridgehead atoms. The molecule has 3 heterocycles. The molecule has 140 valence electrons. The number of carbonyl (C=O) groups excluding carboxylic acids is 2. The molecule has 3 aliphatic rings. The average Bonchev–Trinajstić information content (AvgIpc) is 3.14. The lowest BCUT2D eigenvalue weighted by Crippen LogP contribution is -2.52. The van der Waals surface area contributed by atoms with Crippen LogP contribution in [0.4, 0.5) is 4.79 Å². The van der Waals surface area contributed by atoms with Gasteiger partial charge in [0.2, 0.25) is 5.91 Å². The monoisotopic (exact) mass is 351 g/mol. The minimum atomic E-state index is -0.764. The first-order chi connectivity index (χ1) is 12.0. The number of likely N-dealkylation sites (tertiary alicyclic amines) is 3. The number of carboxylic acid groups (broad SMARTS) is 1. The van der Waals surface area contributed by atoms with E-state index in [2.05, 4.69) is 0 Å². The number of amides is 3. The predicted octanol–water partition coefficient (Wildman–Crippen LogP) is 1.48. The zero-order chi connectivity index (χ0) is 18.0. The summed E-state index contributed by atoms with van der Waals surface area (Å²) in [7, 11) is 0. The fourth-order valence-corrected chi connectivity index (χ4v) is 4.43. The Kier molecular flexibility index (Phi) is 5.49. The molecule has 3 unspecified atom stereocenters. The highest BCUT2D eigenvalue weighted by Gasteiger charge is 2.37. The molecule has 3 aliphatic heterocycles. The quantitative estimate of drug-likeness (QED) is 0.817. The van der Waals surface area contributed by atoms with E-state index in [4.69, 9.17) is 0 Å². The molecule has 0 aliphatic carbocycles. The molecule has 0 aromatic carbocycles. The number of urea groups is 1. The Balaban J connectivity index is 1.57. The van der Waals surface area contributed by atoms with Crippen LogP contribution in [0.2, 0.25) is 0 Å². The van der Waals surface area contributed by atoms with Gasteiger partial charge in [-0.3, -0.25) is 9.59 Å². The number of carbonyl (C=O) groups is 3. The van der Waals surface area contributed by atoms with Gasteiger partial charge in [0.1, 0.15) is 0 Å². The van der Waals surface area contributed by atoms with Crippen LogP contribution in [0.5, 0.6) is 0 Å². The smallest absolute Gasteiger partial charge is 0.320 e. The summed E-state index contributed by atoms with van der Waals surface area (Å²) >= 11 is 0. The van der Waals surface area contributed by atoms with E-state index in [-0.39, 0.29) is 29.7 Å². The van der Waals surface area contributed by atoms with Crippen molar-refractivity contribution in [1.29, 1.82) is 0 Å². The summed E-state index contributed by atoms with van der Waals surface area (Å²) in [5.74, 6) is -1.20. The molecule has 0 aromatic heterocycles. The second-order valence-corrected chi connectivity index (χ2v) is 7.76. The maximum atomic E-state index is 12.9. The molecule has 0 radical (unpaired) electrons. The topological polar surface area (TPSA) is 81.2 Å². The molecule has 0 saturated carbocycles. The summed E-state index contributed by atoms with van der Waals surface area (Å²) < 4.78 is 0. The van der Waals surface area contributed by atoms with Crippen molar-refractivity contribution in [2.75, 3.05) is 39.3 Å². The average molecular weight is 351 g/mol. The lowest BCUT2D eigenvalue weighted by molar-refractivity contribution is -0.150. The molecule has 3 fully saturated rings. The first-order valence-corrected chi connectivity index (χ1v) is 9.53. The summed E-state index contributed by atoms with van der Waals surface area (Å²) in [6, 6.07) is 0.0768. The standard InChI is InChI=1S/C18H29N3O4/c1-13-11-20(10-6-15(13)17(23)24)16(22)14-5-4-9-21(12-14)18(25)19-7-2-3-8-19/h13-15H,2-12H2,1H3,(H,23,24). The molecule has 3 rings (SSSR count). The van der Waals surface area contributed by atoms with E-state index in [0.29, 0.717) is 26.1 Å². The Bertz CT molecular complexity index is 532.